The number of aliphatic hydroxyl groups is 2. The molecule has 0 aliphatic heterocycles. The van der Waals surface area contributed by atoms with Crippen LogP contribution in [0.4, 0.5) is 0 Å². The van der Waals surface area contributed by atoms with Crippen molar-refractivity contribution in [2.75, 3.05) is 6.61 Å². The lowest BCUT2D eigenvalue weighted by Gasteiger charge is -2.41. The molecule has 0 rings (SSSR count). The molecule has 1 unspecified atom stereocenters. The van der Waals surface area contributed by atoms with Crippen molar-refractivity contribution in [3.63, 3.8) is 0 Å². The summed E-state index contributed by atoms with van der Waals surface area (Å²) in [5.41, 5.74) is -1.10. The predicted molar refractivity (Wildman–Crippen MR) is 51.0 cm³/mol. The third kappa shape index (κ3) is 2.20. The molecule has 0 aliphatic rings. The van der Waals surface area contributed by atoms with Gasteiger partial charge >= 0.3 is 0 Å². The Morgan fingerprint density at radius 3 is 1.92 bits per heavy atom. The minimum Gasteiger partial charge on any atom is -0.396 e. The monoisotopic (exact) mass is 174 g/mol. The molecule has 0 amide bonds. The van der Waals surface area contributed by atoms with Crippen molar-refractivity contribution in [2.24, 2.45) is 5.41 Å². The molecule has 0 radical (unpaired) electrons. The molecule has 0 fully saturated rings. The van der Waals surface area contributed by atoms with Crippen molar-refractivity contribution < 1.29 is 10.2 Å². The smallest absolute Gasteiger partial charge is 0.0717 e. The van der Waals surface area contributed by atoms with E-state index in [4.69, 9.17) is 5.11 Å². The van der Waals surface area contributed by atoms with Crippen LogP contribution in [0.1, 0.15) is 47.0 Å². The Labute approximate surface area is 75.6 Å². The van der Waals surface area contributed by atoms with Crippen molar-refractivity contribution in [3.8, 4) is 0 Å². The van der Waals surface area contributed by atoms with Gasteiger partial charge in [0.1, 0.15) is 0 Å². The van der Waals surface area contributed by atoms with Gasteiger partial charge in [-0.1, -0.05) is 34.1 Å². The van der Waals surface area contributed by atoms with E-state index in [-0.39, 0.29) is 6.61 Å². The zero-order chi connectivity index (χ0) is 9.83. The Kier molecular flexibility index (Phi) is 4.21. The van der Waals surface area contributed by atoms with Crippen LogP contribution in [0.3, 0.4) is 0 Å². The highest BCUT2D eigenvalue weighted by molar-refractivity contribution is 4.91. The van der Waals surface area contributed by atoms with Gasteiger partial charge in [-0.05, 0) is 12.8 Å². The van der Waals surface area contributed by atoms with Crippen LogP contribution in [0, 0.1) is 5.41 Å². The van der Waals surface area contributed by atoms with Crippen LogP contribution in [-0.4, -0.2) is 22.4 Å². The fourth-order valence-electron chi connectivity index (χ4n) is 1.55. The molecule has 0 aliphatic carbocycles. The average molecular weight is 174 g/mol. The van der Waals surface area contributed by atoms with E-state index in [1.807, 2.05) is 27.7 Å². The molecule has 0 bridgehead atoms. The lowest BCUT2D eigenvalue weighted by atomic mass is 9.71. The average Bonchev–Trinajstić information content (AvgIpc) is 2.04. The quantitative estimate of drug-likeness (QED) is 0.668. The molecule has 0 aromatic rings. The van der Waals surface area contributed by atoms with Gasteiger partial charge in [-0.25, -0.2) is 0 Å². The summed E-state index contributed by atoms with van der Waals surface area (Å²) < 4.78 is 0. The second-order valence-electron chi connectivity index (χ2n) is 4.18. The van der Waals surface area contributed by atoms with Crippen LogP contribution in [0.15, 0.2) is 0 Å². The standard InChI is InChI=1S/C10H22O2/c1-5-7-10(12,6-2)9(3,4)8-11/h11-12H,5-8H2,1-4H3. The first kappa shape index (κ1) is 11.9. The number of rotatable bonds is 5. The van der Waals surface area contributed by atoms with Gasteiger partial charge in [0.25, 0.3) is 0 Å². The van der Waals surface area contributed by atoms with Gasteiger partial charge in [0.2, 0.25) is 0 Å². The second kappa shape index (κ2) is 4.24. The Bertz CT molecular complexity index is 132. The third-order valence-electron chi connectivity index (χ3n) is 2.90. The summed E-state index contributed by atoms with van der Waals surface area (Å²) in [6, 6.07) is 0. The first-order valence-corrected chi connectivity index (χ1v) is 4.76. The minimum atomic E-state index is -0.712. The second-order valence-corrected chi connectivity index (χ2v) is 4.18. The zero-order valence-corrected chi connectivity index (χ0v) is 8.72. The van der Waals surface area contributed by atoms with E-state index in [0.29, 0.717) is 6.42 Å². The number of hydrogen-bond acceptors (Lipinski definition) is 2. The topological polar surface area (TPSA) is 40.5 Å². The van der Waals surface area contributed by atoms with Gasteiger partial charge < -0.3 is 10.2 Å². The van der Waals surface area contributed by atoms with E-state index in [1.165, 1.54) is 0 Å². The summed E-state index contributed by atoms with van der Waals surface area (Å²) in [5, 5.41) is 19.3. The molecule has 0 spiro atoms. The van der Waals surface area contributed by atoms with E-state index < -0.39 is 11.0 Å². The van der Waals surface area contributed by atoms with Crippen LogP contribution in [0.5, 0.6) is 0 Å². The molecule has 74 valence electrons. The Morgan fingerprint density at radius 1 is 1.17 bits per heavy atom. The van der Waals surface area contributed by atoms with Crippen LogP contribution in [-0.2, 0) is 0 Å². The molecular weight excluding hydrogens is 152 g/mol. The Balaban J connectivity index is 4.49. The van der Waals surface area contributed by atoms with Gasteiger partial charge in [0, 0.05) is 5.41 Å². The molecule has 0 heterocycles. The van der Waals surface area contributed by atoms with Crippen molar-refractivity contribution >= 4 is 0 Å². The molecule has 12 heavy (non-hydrogen) atoms. The van der Waals surface area contributed by atoms with Gasteiger partial charge in [0.05, 0.1) is 12.2 Å². The fourth-order valence-corrected chi connectivity index (χ4v) is 1.55. The molecular formula is C10H22O2. The number of aliphatic hydroxyl groups excluding tert-OH is 1. The maximum absolute atomic E-state index is 10.2. The molecule has 2 N–H and O–H groups in total. The third-order valence-corrected chi connectivity index (χ3v) is 2.90. The maximum Gasteiger partial charge on any atom is 0.0717 e. The summed E-state index contributed by atoms with van der Waals surface area (Å²) in [5.74, 6) is 0. The minimum absolute atomic E-state index is 0.0390. The van der Waals surface area contributed by atoms with Gasteiger partial charge in [-0.3, -0.25) is 0 Å². The van der Waals surface area contributed by atoms with E-state index in [9.17, 15) is 5.11 Å². The molecule has 0 saturated heterocycles. The SMILES string of the molecule is CCCC(O)(CC)C(C)(C)CO. The highest BCUT2D eigenvalue weighted by Crippen LogP contribution is 2.36. The molecule has 1 atom stereocenters. The summed E-state index contributed by atoms with van der Waals surface area (Å²) in [4.78, 5) is 0. The lowest BCUT2D eigenvalue weighted by molar-refractivity contribution is -0.0988. The molecule has 0 saturated carbocycles. The highest BCUT2D eigenvalue weighted by Gasteiger charge is 2.40. The maximum atomic E-state index is 10.2. The summed E-state index contributed by atoms with van der Waals surface area (Å²) in [6.45, 7) is 7.87. The molecule has 0 aromatic carbocycles. The first-order chi connectivity index (χ1) is 5.43. The molecule has 2 heteroatoms. The highest BCUT2D eigenvalue weighted by atomic mass is 16.3. The zero-order valence-electron chi connectivity index (χ0n) is 8.72. The number of hydrogen-bond donors (Lipinski definition) is 2. The molecule has 0 aromatic heterocycles. The van der Waals surface area contributed by atoms with Gasteiger partial charge in [-0.2, -0.15) is 0 Å². The van der Waals surface area contributed by atoms with Crippen molar-refractivity contribution in [3.05, 3.63) is 0 Å². The normalized spacial score (nSPS) is 17.5. The largest absolute Gasteiger partial charge is 0.396 e. The molecule has 2 nitrogen and oxygen atoms in total. The van der Waals surface area contributed by atoms with E-state index in [0.717, 1.165) is 12.8 Å². The summed E-state index contributed by atoms with van der Waals surface area (Å²) in [7, 11) is 0. The van der Waals surface area contributed by atoms with Crippen molar-refractivity contribution in [1.29, 1.82) is 0 Å². The first-order valence-electron chi connectivity index (χ1n) is 4.76. The van der Waals surface area contributed by atoms with Crippen LogP contribution < -0.4 is 0 Å². The van der Waals surface area contributed by atoms with E-state index in [2.05, 4.69) is 0 Å². The van der Waals surface area contributed by atoms with Crippen LogP contribution >= 0.6 is 0 Å². The fraction of sp³-hybridized carbons (Fsp3) is 1.00. The van der Waals surface area contributed by atoms with Crippen molar-refractivity contribution in [1.82, 2.24) is 0 Å². The van der Waals surface area contributed by atoms with E-state index >= 15 is 0 Å². The van der Waals surface area contributed by atoms with Gasteiger partial charge in [0.15, 0.2) is 0 Å². The summed E-state index contributed by atoms with van der Waals surface area (Å²) in [6.07, 6.45) is 2.42. The van der Waals surface area contributed by atoms with Gasteiger partial charge in [-0.15, -0.1) is 0 Å². The van der Waals surface area contributed by atoms with Crippen molar-refractivity contribution in [2.45, 2.75) is 52.6 Å². The predicted octanol–water partition coefficient (Wildman–Crippen LogP) is 1.95. The lowest BCUT2D eigenvalue weighted by Crippen LogP contribution is -2.46. The Hall–Kier alpha value is -0.0800. The van der Waals surface area contributed by atoms with E-state index in [1.54, 1.807) is 0 Å². The summed E-state index contributed by atoms with van der Waals surface area (Å²) >= 11 is 0. The Morgan fingerprint density at radius 2 is 1.67 bits per heavy atom. The van der Waals surface area contributed by atoms with Crippen LogP contribution in [0.2, 0.25) is 0 Å². The van der Waals surface area contributed by atoms with Crippen LogP contribution in [0.25, 0.3) is 0 Å².